The van der Waals surface area contributed by atoms with Crippen LogP contribution in [0.25, 0.3) is 0 Å². The van der Waals surface area contributed by atoms with Crippen LogP contribution in [0, 0.1) is 0 Å². The molecule has 0 saturated heterocycles. The molecule has 1 atom stereocenters. The second kappa shape index (κ2) is 5.38. The summed E-state index contributed by atoms with van der Waals surface area (Å²) < 4.78 is 1.82. The Morgan fingerprint density at radius 3 is 2.84 bits per heavy atom. The first-order valence-corrected chi connectivity index (χ1v) is 8.39. The Hall–Kier alpha value is -0.650. The quantitative estimate of drug-likeness (QED) is 0.778. The lowest BCUT2D eigenvalue weighted by Gasteiger charge is -2.13. The average molecular weight is 401 g/mol. The number of rotatable bonds is 2. The van der Waals surface area contributed by atoms with Crippen LogP contribution in [0.5, 0.6) is 0 Å². The molecule has 1 N–H and O–H groups in total. The number of carbonyl (C=O) groups excluding carboxylic acids is 1. The summed E-state index contributed by atoms with van der Waals surface area (Å²) in [5, 5.41) is 3.12. The maximum Gasteiger partial charge on any atom is 0.253 e. The van der Waals surface area contributed by atoms with Crippen molar-refractivity contribution in [1.82, 2.24) is 5.32 Å². The predicted molar refractivity (Wildman–Crippen MR) is 84.7 cm³/mol. The Morgan fingerprint density at radius 2 is 2.11 bits per heavy atom. The summed E-state index contributed by atoms with van der Waals surface area (Å²) in [6, 6.07) is 10.3. The smallest absolute Gasteiger partial charge is 0.253 e. The fraction of sp³-hybridized carbons (Fsp3) is 0.214. The molecular weight excluding hydrogens is 390 g/mol. The van der Waals surface area contributed by atoms with Crippen molar-refractivity contribution in [2.24, 2.45) is 0 Å². The topological polar surface area (TPSA) is 29.1 Å². The lowest BCUT2D eigenvalue weighted by Crippen LogP contribution is -2.26. The number of nitrogens with one attached hydrogen (secondary N) is 1. The summed E-state index contributed by atoms with van der Waals surface area (Å²) in [4.78, 5) is 12.3. The van der Waals surface area contributed by atoms with Gasteiger partial charge >= 0.3 is 0 Å². The molecular formula is C14H11Br2NOS. The van der Waals surface area contributed by atoms with E-state index in [0.29, 0.717) is 5.56 Å². The highest BCUT2D eigenvalue weighted by molar-refractivity contribution is 9.12. The van der Waals surface area contributed by atoms with Gasteiger partial charge in [0.05, 0.1) is 19.2 Å². The van der Waals surface area contributed by atoms with E-state index in [9.17, 15) is 4.79 Å². The van der Waals surface area contributed by atoms with Gasteiger partial charge in [-0.25, -0.2) is 0 Å². The maximum absolute atomic E-state index is 12.3. The highest BCUT2D eigenvalue weighted by Crippen LogP contribution is 2.34. The number of thiophene rings is 1. The van der Waals surface area contributed by atoms with Crippen LogP contribution in [0.15, 0.2) is 37.9 Å². The van der Waals surface area contributed by atoms with Crippen LogP contribution in [-0.4, -0.2) is 5.91 Å². The number of fused-ring (bicyclic) bond motifs is 1. The molecule has 1 heterocycles. The van der Waals surface area contributed by atoms with E-state index >= 15 is 0 Å². The van der Waals surface area contributed by atoms with Crippen molar-refractivity contribution in [3.05, 3.63) is 54.6 Å². The number of hydrogen-bond acceptors (Lipinski definition) is 2. The van der Waals surface area contributed by atoms with Crippen molar-refractivity contribution < 1.29 is 4.79 Å². The number of carbonyl (C=O) groups is 1. The Labute approximate surface area is 132 Å². The van der Waals surface area contributed by atoms with Gasteiger partial charge in [0.15, 0.2) is 0 Å². The summed E-state index contributed by atoms with van der Waals surface area (Å²) >= 11 is 8.34. The molecule has 1 aliphatic rings. The minimum atomic E-state index is -0.0180. The van der Waals surface area contributed by atoms with Gasteiger partial charge < -0.3 is 5.32 Å². The number of aryl methyl sites for hydroxylation is 1. The van der Waals surface area contributed by atoms with Gasteiger partial charge in [-0.05, 0) is 61.9 Å². The molecule has 1 aromatic heterocycles. The van der Waals surface area contributed by atoms with Gasteiger partial charge in [-0.2, -0.15) is 0 Å². The minimum absolute atomic E-state index is 0.0180. The third-order valence-corrected chi connectivity index (χ3v) is 5.68. The van der Waals surface area contributed by atoms with Crippen molar-refractivity contribution in [3.63, 3.8) is 0 Å². The maximum atomic E-state index is 12.3. The molecule has 5 heteroatoms. The van der Waals surface area contributed by atoms with Crippen LogP contribution in [0.2, 0.25) is 0 Å². The van der Waals surface area contributed by atoms with Gasteiger partial charge in [-0.3, -0.25) is 4.79 Å². The Bertz CT molecular complexity index is 638. The fourth-order valence-electron chi connectivity index (χ4n) is 2.44. The molecule has 1 aromatic carbocycles. The largest absolute Gasteiger partial charge is 0.345 e. The van der Waals surface area contributed by atoms with Crippen molar-refractivity contribution in [2.75, 3.05) is 0 Å². The Balaban J connectivity index is 1.80. The molecule has 0 radical (unpaired) electrons. The van der Waals surface area contributed by atoms with E-state index in [1.807, 2.05) is 12.1 Å². The van der Waals surface area contributed by atoms with E-state index in [-0.39, 0.29) is 11.9 Å². The first kappa shape index (κ1) is 13.3. The van der Waals surface area contributed by atoms with E-state index < -0.39 is 0 Å². The summed E-state index contributed by atoms with van der Waals surface area (Å²) in [6.45, 7) is 0. The van der Waals surface area contributed by atoms with Crippen LogP contribution < -0.4 is 5.32 Å². The first-order chi connectivity index (χ1) is 9.15. The molecule has 0 saturated carbocycles. The number of hydrogen-bond donors (Lipinski definition) is 1. The van der Waals surface area contributed by atoms with Gasteiger partial charge in [-0.1, -0.05) is 24.3 Å². The zero-order valence-corrected chi connectivity index (χ0v) is 13.9. The number of benzene rings is 1. The third-order valence-electron chi connectivity index (χ3n) is 3.34. The van der Waals surface area contributed by atoms with E-state index in [4.69, 9.17) is 0 Å². The monoisotopic (exact) mass is 399 g/mol. The Kier molecular flexibility index (Phi) is 3.78. The molecule has 2 nitrogen and oxygen atoms in total. The molecule has 0 fully saturated rings. The average Bonchev–Trinajstić information content (AvgIpc) is 2.94. The van der Waals surface area contributed by atoms with Gasteiger partial charge in [0, 0.05) is 0 Å². The Morgan fingerprint density at radius 1 is 1.32 bits per heavy atom. The molecule has 1 aliphatic carbocycles. The van der Waals surface area contributed by atoms with Crippen molar-refractivity contribution in [1.29, 1.82) is 0 Å². The van der Waals surface area contributed by atoms with Crippen LogP contribution in [0.1, 0.15) is 33.9 Å². The second-order valence-electron chi connectivity index (χ2n) is 4.50. The van der Waals surface area contributed by atoms with E-state index in [0.717, 1.165) is 20.4 Å². The fourth-order valence-corrected chi connectivity index (χ4v) is 5.23. The molecule has 0 bridgehead atoms. The summed E-state index contributed by atoms with van der Waals surface area (Å²) in [6.07, 6.45) is 2.02. The zero-order valence-electron chi connectivity index (χ0n) is 9.95. The number of halogens is 2. The van der Waals surface area contributed by atoms with E-state index in [1.54, 1.807) is 0 Å². The predicted octanol–water partition coefficient (Wildman–Crippen LogP) is 4.69. The highest BCUT2D eigenvalue weighted by Gasteiger charge is 2.24. The SMILES string of the molecule is O=C(NC1CCc2ccccc21)c1cc(Br)sc1Br. The molecule has 3 rings (SSSR count). The van der Waals surface area contributed by atoms with Gasteiger partial charge in [0.1, 0.15) is 0 Å². The van der Waals surface area contributed by atoms with Crippen LogP contribution in [0.3, 0.4) is 0 Å². The summed E-state index contributed by atoms with van der Waals surface area (Å²) in [5.41, 5.74) is 3.29. The summed E-state index contributed by atoms with van der Waals surface area (Å²) in [5.74, 6) is -0.0180. The summed E-state index contributed by atoms with van der Waals surface area (Å²) in [7, 11) is 0. The van der Waals surface area contributed by atoms with Crippen LogP contribution >= 0.6 is 43.2 Å². The molecule has 1 unspecified atom stereocenters. The van der Waals surface area contributed by atoms with Crippen molar-refractivity contribution in [2.45, 2.75) is 18.9 Å². The first-order valence-electron chi connectivity index (χ1n) is 5.98. The van der Waals surface area contributed by atoms with Gasteiger partial charge in [-0.15, -0.1) is 11.3 Å². The molecule has 2 aromatic rings. The van der Waals surface area contributed by atoms with Crippen LogP contribution in [-0.2, 0) is 6.42 Å². The van der Waals surface area contributed by atoms with Gasteiger partial charge in [0.2, 0.25) is 0 Å². The number of amides is 1. The van der Waals surface area contributed by atoms with E-state index in [1.165, 1.54) is 22.5 Å². The molecule has 0 aliphatic heterocycles. The standard InChI is InChI=1S/C14H11Br2NOS/c15-12-7-10(13(16)19-12)14(18)17-11-6-5-8-3-1-2-4-9(8)11/h1-4,7,11H,5-6H2,(H,17,18). The van der Waals surface area contributed by atoms with Crippen molar-refractivity contribution >= 4 is 49.1 Å². The molecule has 0 spiro atoms. The lowest BCUT2D eigenvalue weighted by atomic mass is 10.1. The lowest BCUT2D eigenvalue weighted by molar-refractivity contribution is 0.0936. The van der Waals surface area contributed by atoms with Gasteiger partial charge in [0.25, 0.3) is 5.91 Å². The van der Waals surface area contributed by atoms with Crippen LogP contribution in [0.4, 0.5) is 0 Å². The minimum Gasteiger partial charge on any atom is -0.345 e. The highest BCUT2D eigenvalue weighted by atomic mass is 79.9. The van der Waals surface area contributed by atoms with E-state index in [2.05, 4.69) is 55.4 Å². The normalized spacial score (nSPS) is 17.3. The third kappa shape index (κ3) is 2.64. The molecule has 1 amide bonds. The molecule has 98 valence electrons. The second-order valence-corrected chi connectivity index (χ2v) is 8.25. The molecule has 19 heavy (non-hydrogen) atoms. The van der Waals surface area contributed by atoms with Crippen molar-refractivity contribution in [3.8, 4) is 0 Å². The zero-order chi connectivity index (χ0) is 13.4.